The van der Waals surface area contributed by atoms with E-state index in [-0.39, 0.29) is 17.3 Å². The molecule has 0 spiro atoms. The number of aromatic nitrogens is 1. The number of hydrogen-bond acceptors (Lipinski definition) is 5. The summed E-state index contributed by atoms with van der Waals surface area (Å²) < 4.78 is 39.6. The van der Waals surface area contributed by atoms with Crippen LogP contribution in [0.25, 0.3) is 0 Å². The summed E-state index contributed by atoms with van der Waals surface area (Å²) in [5.74, 6) is -0.270. The molecule has 0 bridgehead atoms. The Morgan fingerprint density at radius 3 is 1.98 bits per heavy atom. The van der Waals surface area contributed by atoms with Crippen molar-refractivity contribution >= 4 is 35.0 Å². The van der Waals surface area contributed by atoms with Crippen LogP contribution in [0.5, 0.6) is 0 Å². The van der Waals surface area contributed by atoms with Gasteiger partial charge in [0.2, 0.25) is 6.41 Å². The number of halogens is 3. The van der Waals surface area contributed by atoms with Crippen LogP contribution in [0, 0.1) is 0 Å². The Morgan fingerprint density at radius 2 is 1.52 bits per heavy atom. The van der Waals surface area contributed by atoms with Crippen LogP contribution < -0.4 is 10.2 Å². The van der Waals surface area contributed by atoms with Crippen molar-refractivity contribution in [1.82, 2.24) is 9.88 Å². The molecule has 0 aliphatic heterocycles. The summed E-state index contributed by atoms with van der Waals surface area (Å²) in [4.78, 5) is 30.3. The molecule has 2 aromatic rings. The van der Waals surface area contributed by atoms with Crippen LogP contribution >= 0.6 is 11.3 Å². The van der Waals surface area contributed by atoms with Gasteiger partial charge < -0.3 is 15.1 Å². The van der Waals surface area contributed by atoms with E-state index in [1.54, 1.807) is 17.3 Å². The quantitative estimate of drug-likeness (QED) is 0.155. The van der Waals surface area contributed by atoms with Crippen LogP contribution in [0.4, 0.5) is 24.5 Å². The molecule has 1 heterocycles. The highest BCUT2D eigenvalue weighted by atomic mass is 32.1. The average Bonchev–Trinajstić information content (AvgIpc) is 3.52. The van der Waals surface area contributed by atoms with Crippen LogP contribution in [-0.4, -0.2) is 49.4 Å². The van der Waals surface area contributed by atoms with Crippen molar-refractivity contribution in [2.75, 3.05) is 37.4 Å². The summed E-state index contributed by atoms with van der Waals surface area (Å²) in [6.45, 7) is 18.2. The Balaban J connectivity index is 0. The predicted molar refractivity (Wildman–Crippen MR) is 183 cm³/mol. The van der Waals surface area contributed by atoms with Gasteiger partial charge in [0.25, 0.3) is 5.91 Å². The molecule has 1 unspecified atom stereocenters. The van der Waals surface area contributed by atoms with Crippen molar-refractivity contribution in [2.24, 2.45) is 0 Å². The number of carbonyl (C=O) groups excluding carboxylic acids is 2. The van der Waals surface area contributed by atoms with Gasteiger partial charge >= 0.3 is 6.18 Å². The summed E-state index contributed by atoms with van der Waals surface area (Å²) in [7, 11) is 3.59. The van der Waals surface area contributed by atoms with Crippen LogP contribution in [0.3, 0.4) is 0 Å². The van der Waals surface area contributed by atoms with Crippen LogP contribution in [0.15, 0.2) is 23.6 Å². The van der Waals surface area contributed by atoms with Gasteiger partial charge in [0.1, 0.15) is 5.69 Å². The molecule has 1 N–H and O–H groups in total. The molecule has 1 aromatic heterocycles. The Labute approximate surface area is 269 Å². The van der Waals surface area contributed by atoms with E-state index < -0.39 is 17.6 Å². The monoisotopic (exact) mass is 644 g/mol. The first-order chi connectivity index (χ1) is 20.9. The van der Waals surface area contributed by atoms with Gasteiger partial charge in [-0.15, -0.1) is 11.3 Å². The number of amides is 2. The molecular formula is C34H59F3N4O2S. The zero-order valence-corrected chi connectivity index (χ0v) is 29.8. The number of unbranched alkanes of at least 4 members (excludes halogenated alkanes) is 5. The third-order valence-corrected chi connectivity index (χ3v) is 7.66. The standard InChI is InChI=1S/C21H28F3N3OS.C6H14.C5H11NO.C2H6/c1-5-7-8-11-27(4)18-10-9-15(21(22,23)24)12-16(18)25-19(28)17-13-29-20(26-17)14(3)6-2;1-3-5-6-4-2;1-3-4-6(2)5-7;1-2/h9-10,12-14H,5-8,11H2,1-4H3,(H,25,28);3-6H2,1-2H3;5H,3-4H2,1-2H3;1-2H3. The maximum atomic E-state index is 13.2. The van der Waals surface area contributed by atoms with E-state index in [0.29, 0.717) is 12.2 Å². The highest BCUT2D eigenvalue weighted by molar-refractivity contribution is 7.09. The lowest BCUT2D eigenvalue weighted by molar-refractivity contribution is -0.137. The fraction of sp³-hybridized carbons (Fsp3) is 0.676. The number of nitrogens with one attached hydrogen (secondary N) is 1. The molecule has 0 fully saturated rings. The molecule has 10 heteroatoms. The topological polar surface area (TPSA) is 65.5 Å². The number of rotatable bonds is 15. The molecule has 2 rings (SSSR count). The maximum absolute atomic E-state index is 13.2. The van der Waals surface area contributed by atoms with Crippen molar-refractivity contribution in [1.29, 1.82) is 0 Å². The van der Waals surface area contributed by atoms with E-state index in [9.17, 15) is 22.8 Å². The van der Waals surface area contributed by atoms with E-state index in [4.69, 9.17) is 0 Å². The Kier molecular flexibility index (Phi) is 25.4. The lowest BCUT2D eigenvalue weighted by atomic mass is 10.1. The molecule has 1 aromatic carbocycles. The van der Waals surface area contributed by atoms with E-state index in [1.807, 2.05) is 46.6 Å². The van der Waals surface area contributed by atoms with Gasteiger partial charge in [-0.25, -0.2) is 4.98 Å². The molecule has 0 saturated carbocycles. The number of hydrogen-bond donors (Lipinski definition) is 1. The second kappa shape index (κ2) is 25.7. The van der Waals surface area contributed by atoms with E-state index in [2.05, 4.69) is 31.1 Å². The predicted octanol–water partition coefficient (Wildman–Crippen LogP) is 10.7. The number of benzene rings is 1. The lowest BCUT2D eigenvalue weighted by Gasteiger charge is -2.23. The van der Waals surface area contributed by atoms with Gasteiger partial charge in [0.05, 0.1) is 21.9 Å². The number of nitrogens with zero attached hydrogens (tertiary/aromatic N) is 3. The first-order valence-corrected chi connectivity index (χ1v) is 17.1. The highest BCUT2D eigenvalue weighted by Gasteiger charge is 2.31. The lowest BCUT2D eigenvalue weighted by Crippen LogP contribution is -2.22. The van der Waals surface area contributed by atoms with Gasteiger partial charge in [-0.1, -0.05) is 93.9 Å². The van der Waals surface area contributed by atoms with Gasteiger partial charge in [-0.2, -0.15) is 13.2 Å². The molecule has 254 valence electrons. The normalized spacial score (nSPS) is 11.0. The van der Waals surface area contributed by atoms with Crippen molar-refractivity contribution in [3.05, 3.63) is 39.8 Å². The second-order valence-electron chi connectivity index (χ2n) is 10.5. The molecule has 1 atom stereocenters. The minimum Gasteiger partial charge on any atom is -0.373 e. The first-order valence-electron chi connectivity index (χ1n) is 16.2. The SMILES string of the molecule is CC.CCCCCC.CCCCCN(C)c1ccc(C(F)(F)F)cc1NC(=O)c1csc(C(C)CC)n1.CCCN(C)C=O. The number of carbonyl (C=O) groups is 2. The molecule has 0 aliphatic carbocycles. The maximum Gasteiger partial charge on any atom is 0.416 e. The smallest absolute Gasteiger partial charge is 0.373 e. The average molecular weight is 645 g/mol. The third kappa shape index (κ3) is 18.2. The van der Waals surface area contributed by atoms with Crippen molar-refractivity contribution in [3.8, 4) is 0 Å². The summed E-state index contributed by atoms with van der Waals surface area (Å²) in [5.41, 5.74) is 0.126. The zero-order chi connectivity index (χ0) is 34.1. The highest BCUT2D eigenvalue weighted by Crippen LogP contribution is 2.35. The summed E-state index contributed by atoms with van der Waals surface area (Å²) in [5, 5.41) is 5.14. The van der Waals surface area contributed by atoms with Gasteiger partial charge in [-0.3, -0.25) is 9.59 Å². The van der Waals surface area contributed by atoms with Gasteiger partial charge in [0, 0.05) is 38.5 Å². The minimum atomic E-state index is -4.48. The van der Waals surface area contributed by atoms with Crippen molar-refractivity contribution in [2.45, 2.75) is 125 Å². The number of alkyl halides is 3. The molecule has 0 aliphatic rings. The van der Waals surface area contributed by atoms with Crippen molar-refractivity contribution < 1.29 is 22.8 Å². The van der Waals surface area contributed by atoms with Crippen LogP contribution in [0.2, 0.25) is 0 Å². The summed E-state index contributed by atoms with van der Waals surface area (Å²) >= 11 is 1.39. The number of anilines is 2. The number of thiazole rings is 1. The summed E-state index contributed by atoms with van der Waals surface area (Å²) in [6, 6.07) is 3.45. The summed E-state index contributed by atoms with van der Waals surface area (Å²) in [6.07, 6.45) is 6.83. The first kappa shape index (κ1) is 43.5. The largest absolute Gasteiger partial charge is 0.416 e. The zero-order valence-electron chi connectivity index (χ0n) is 28.9. The van der Waals surface area contributed by atoms with E-state index in [0.717, 1.165) is 62.2 Å². The van der Waals surface area contributed by atoms with Gasteiger partial charge in [-0.05, 0) is 37.5 Å². The van der Waals surface area contributed by atoms with E-state index in [1.165, 1.54) is 43.1 Å². The third-order valence-electron chi connectivity index (χ3n) is 6.58. The fourth-order valence-electron chi connectivity index (χ4n) is 3.75. The molecule has 6 nitrogen and oxygen atoms in total. The minimum absolute atomic E-state index is 0.141. The molecule has 44 heavy (non-hydrogen) atoms. The van der Waals surface area contributed by atoms with E-state index >= 15 is 0 Å². The van der Waals surface area contributed by atoms with Crippen molar-refractivity contribution in [3.63, 3.8) is 0 Å². The molecule has 2 amide bonds. The van der Waals surface area contributed by atoms with Gasteiger partial charge in [0.15, 0.2) is 0 Å². The molecular weight excluding hydrogens is 585 g/mol. The van der Waals surface area contributed by atoms with Crippen LogP contribution in [-0.2, 0) is 11.0 Å². The van der Waals surface area contributed by atoms with Crippen LogP contribution in [0.1, 0.15) is 140 Å². The second-order valence-corrected chi connectivity index (χ2v) is 11.4. The fourth-order valence-corrected chi connectivity index (χ4v) is 4.69. The Morgan fingerprint density at radius 1 is 0.955 bits per heavy atom. The molecule has 0 saturated heterocycles. The molecule has 0 radical (unpaired) electrons. The Bertz CT molecular complexity index is 1010. The Hall–Kier alpha value is -2.62.